The van der Waals surface area contributed by atoms with Crippen molar-refractivity contribution >= 4 is 17.9 Å². The van der Waals surface area contributed by atoms with E-state index >= 15 is 0 Å². The predicted octanol–water partition coefficient (Wildman–Crippen LogP) is 4.16. The number of ether oxygens (including phenoxy) is 1. The molecule has 0 spiro atoms. The SMILES string of the molecule is COc1cc(/C=C2\CCCN(C(C(=O)N(C)C)c3ccc(F)cc3)C2=O)ccc1-n1cnc(C)c1. The zero-order valence-corrected chi connectivity index (χ0v) is 20.4. The summed E-state index contributed by atoms with van der Waals surface area (Å²) in [6.45, 7) is 2.36. The topological polar surface area (TPSA) is 67.7 Å². The van der Waals surface area contributed by atoms with Gasteiger partial charge >= 0.3 is 0 Å². The Labute approximate surface area is 204 Å². The lowest BCUT2D eigenvalue weighted by molar-refractivity contribution is -0.143. The second kappa shape index (κ2) is 10.1. The molecule has 1 aromatic heterocycles. The van der Waals surface area contributed by atoms with Crippen molar-refractivity contribution < 1.29 is 18.7 Å². The molecular weight excluding hydrogens is 447 g/mol. The third kappa shape index (κ3) is 5.11. The molecule has 1 fully saturated rings. The van der Waals surface area contributed by atoms with Gasteiger partial charge in [-0.05, 0) is 61.2 Å². The van der Waals surface area contributed by atoms with Gasteiger partial charge in [-0.25, -0.2) is 9.37 Å². The molecule has 2 heterocycles. The van der Waals surface area contributed by atoms with Crippen LogP contribution in [-0.4, -0.2) is 58.9 Å². The number of carbonyl (C=O) groups is 2. The summed E-state index contributed by atoms with van der Waals surface area (Å²) in [6, 6.07) is 10.7. The van der Waals surface area contributed by atoms with E-state index in [4.69, 9.17) is 4.74 Å². The molecule has 2 amide bonds. The summed E-state index contributed by atoms with van der Waals surface area (Å²) in [4.78, 5) is 34.0. The smallest absolute Gasteiger partial charge is 0.250 e. The fourth-order valence-electron chi connectivity index (χ4n) is 4.31. The van der Waals surface area contributed by atoms with Crippen LogP contribution in [0.2, 0.25) is 0 Å². The van der Waals surface area contributed by atoms with E-state index in [0.717, 1.165) is 23.4 Å². The van der Waals surface area contributed by atoms with Gasteiger partial charge in [-0.2, -0.15) is 0 Å². The third-order valence-electron chi connectivity index (χ3n) is 6.09. The minimum absolute atomic E-state index is 0.200. The van der Waals surface area contributed by atoms with E-state index in [2.05, 4.69) is 4.98 Å². The highest BCUT2D eigenvalue weighted by Crippen LogP contribution is 2.31. The lowest BCUT2D eigenvalue weighted by Crippen LogP contribution is -2.46. The van der Waals surface area contributed by atoms with E-state index in [0.29, 0.717) is 29.9 Å². The van der Waals surface area contributed by atoms with E-state index in [1.807, 2.05) is 42.0 Å². The molecule has 0 bridgehead atoms. The van der Waals surface area contributed by atoms with E-state index < -0.39 is 11.9 Å². The summed E-state index contributed by atoms with van der Waals surface area (Å²) in [7, 11) is 4.91. The van der Waals surface area contributed by atoms with Crippen molar-refractivity contribution in [3.05, 3.63) is 83.2 Å². The van der Waals surface area contributed by atoms with Crippen molar-refractivity contribution in [2.45, 2.75) is 25.8 Å². The average Bonchev–Trinajstić information content (AvgIpc) is 3.28. The molecule has 1 saturated heterocycles. The van der Waals surface area contributed by atoms with E-state index in [-0.39, 0.29) is 11.8 Å². The molecule has 0 aliphatic carbocycles. The van der Waals surface area contributed by atoms with Crippen molar-refractivity contribution in [3.63, 3.8) is 0 Å². The Morgan fingerprint density at radius 1 is 1.20 bits per heavy atom. The number of methoxy groups -OCH3 is 1. The second-order valence-electron chi connectivity index (χ2n) is 8.81. The standard InChI is InChI=1S/C27H29FN4O3/c1-18-16-31(17-29-18)23-12-7-19(15-24(23)35-4)14-21-6-5-13-32(26(21)33)25(27(34)30(2)3)20-8-10-22(28)11-9-20/h7-12,14-17,25H,5-6,13H2,1-4H3/b21-14+. The molecular formula is C27H29FN4O3. The van der Waals surface area contributed by atoms with Crippen LogP contribution in [0.3, 0.4) is 0 Å². The predicted molar refractivity (Wildman–Crippen MR) is 132 cm³/mol. The first kappa shape index (κ1) is 24.2. The molecule has 7 nitrogen and oxygen atoms in total. The Kier molecular flexibility index (Phi) is 7.00. The lowest BCUT2D eigenvalue weighted by atomic mass is 9.96. The Bertz CT molecular complexity index is 1260. The molecule has 2 aromatic carbocycles. The van der Waals surface area contributed by atoms with Crippen LogP contribution < -0.4 is 4.74 Å². The molecule has 8 heteroatoms. The first-order valence-electron chi connectivity index (χ1n) is 11.5. The van der Waals surface area contributed by atoms with Crippen molar-refractivity contribution in [2.75, 3.05) is 27.7 Å². The van der Waals surface area contributed by atoms with Crippen LogP contribution in [0.25, 0.3) is 11.8 Å². The van der Waals surface area contributed by atoms with Gasteiger partial charge in [0.15, 0.2) is 0 Å². The maximum absolute atomic E-state index is 13.6. The number of piperidine rings is 1. The largest absolute Gasteiger partial charge is 0.495 e. The fraction of sp³-hybridized carbons (Fsp3) is 0.296. The molecule has 182 valence electrons. The first-order valence-corrected chi connectivity index (χ1v) is 11.5. The van der Waals surface area contributed by atoms with Gasteiger partial charge < -0.3 is 19.1 Å². The van der Waals surface area contributed by atoms with Gasteiger partial charge in [0.2, 0.25) is 5.91 Å². The number of likely N-dealkylation sites (tertiary alicyclic amines) is 1. The average molecular weight is 477 g/mol. The number of hydrogen-bond donors (Lipinski definition) is 0. The van der Waals surface area contributed by atoms with Gasteiger partial charge in [0.25, 0.3) is 5.91 Å². The number of nitrogens with zero attached hydrogens (tertiary/aromatic N) is 4. The first-order chi connectivity index (χ1) is 16.8. The highest BCUT2D eigenvalue weighted by atomic mass is 19.1. The molecule has 0 saturated carbocycles. The third-order valence-corrected chi connectivity index (χ3v) is 6.09. The Hall–Kier alpha value is -3.94. The van der Waals surface area contributed by atoms with Crippen molar-refractivity contribution in [2.24, 2.45) is 0 Å². The molecule has 1 aliphatic heterocycles. The van der Waals surface area contributed by atoms with Gasteiger partial charge in [0.05, 0.1) is 24.8 Å². The Balaban J connectivity index is 1.66. The van der Waals surface area contributed by atoms with E-state index in [1.54, 1.807) is 44.6 Å². The molecule has 35 heavy (non-hydrogen) atoms. The van der Waals surface area contributed by atoms with E-state index in [1.165, 1.54) is 17.0 Å². The highest BCUT2D eigenvalue weighted by Gasteiger charge is 2.35. The minimum atomic E-state index is -0.816. The van der Waals surface area contributed by atoms with Crippen molar-refractivity contribution in [1.29, 1.82) is 0 Å². The number of benzene rings is 2. The Morgan fingerprint density at radius 2 is 1.94 bits per heavy atom. The maximum Gasteiger partial charge on any atom is 0.250 e. The monoisotopic (exact) mass is 476 g/mol. The van der Waals surface area contributed by atoms with Crippen LogP contribution in [0.15, 0.2) is 60.6 Å². The Morgan fingerprint density at radius 3 is 2.57 bits per heavy atom. The molecule has 3 aromatic rings. The summed E-state index contributed by atoms with van der Waals surface area (Å²) < 4.78 is 21.0. The number of aryl methyl sites for hydroxylation is 1. The molecule has 1 aliphatic rings. The number of halogens is 1. The number of imidazole rings is 1. The summed E-state index contributed by atoms with van der Waals surface area (Å²) >= 11 is 0. The summed E-state index contributed by atoms with van der Waals surface area (Å²) in [5, 5.41) is 0. The summed E-state index contributed by atoms with van der Waals surface area (Å²) in [6.07, 6.45) is 6.81. The maximum atomic E-state index is 13.6. The van der Waals surface area contributed by atoms with E-state index in [9.17, 15) is 14.0 Å². The molecule has 1 unspecified atom stereocenters. The number of amides is 2. The fourth-order valence-corrected chi connectivity index (χ4v) is 4.31. The zero-order valence-electron chi connectivity index (χ0n) is 20.4. The number of hydrogen-bond acceptors (Lipinski definition) is 4. The molecule has 0 radical (unpaired) electrons. The quantitative estimate of drug-likeness (QED) is 0.501. The normalized spacial score (nSPS) is 15.9. The van der Waals surface area contributed by atoms with Crippen LogP contribution >= 0.6 is 0 Å². The molecule has 0 N–H and O–H groups in total. The highest BCUT2D eigenvalue weighted by molar-refractivity contribution is 6.01. The van der Waals surface area contributed by atoms with Gasteiger partial charge in [0, 0.05) is 32.4 Å². The second-order valence-corrected chi connectivity index (χ2v) is 8.81. The molecule has 1 atom stereocenters. The zero-order chi connectivity index (χ0) is 25.1. The van der Waals surface area contributed by atoms with Gasteiger partial charge in [-0.3, -0.25) is 9.59 Å². The number of likely N-dealkylation sites (N-methyl/N-ethyl adjacent to an activating group) is 1. The van der Waals surface area contributed by atoms with Crippen molar-refractivity contribution in [3.8, 4) is 11.4 Å². The van der Waals surface area contributed by atoms with Crippen LogP contribution in [0.1, 0.15) is 35.7 Å². The minimum Gasteiger partial charge on any atom is -0.495 e. The summed E-state index contributed by atoms with van der Waals surface area (Å²) in [5.41, 5.74) is 3.77. The number of aromatic nitrogens is 2. The lowest BCUT2D eigenvalue weighted by Gasteiger charge is -2.36. The number of carbonyl (C=O) groups excluding carboxylic acids is 2. The van der Waals surface area contributed by atoms with Crippen LogP contribution in [0, 0.1) is 12.7 Å². The number of rotatable bonds is 6. The van der Waals surface area contributed by atoms with Crippen LogP contribution in [0.5, 0.6) is 5.75 Å². The van der Waals surface area contributed by atoms with Crippen molar-refractivity contribution in [1.82, 2.24) is 19.4 Å². The van der Waals surface area contributed by atoms with Gasteiger partial charge in [-0.15, -0.1) is 0 Å². The summed E-state index contributed by atoms with van der Waals surface area (Å²) in [5.74, 6) is -0.163. The van der Waals surface area contributed by atoms with Crippen LogP contribution in [0.4, 0.5) is 4.39 Å². The van der Waals surface area contributed by atoms with Gasteiger partial charge in [0.1, 0.15) is 17.6 Å². The molecule has 4 rings (SSSR count). The van der Waals surface area contributed by atoms with Crippen LogP contribution in [-0.2, 0) is 9.59 Å². The van der Waals surface area contributed by atoms with Gasteiger partial charge in [-0.1, -0.05) is 18.2 Å².